The van der Waals surface area contributed by atoms with Gasteiger partial charge in [0.2, 0.25) is 0 Å². The average molecular weight is 391 g/mol. The second-order valence-electron chi connectivity index (χ2n) is 6.31. The van der Waals surface area contributed by atoms with Gasteiger partial charge in [0.05, 0.1) is 12.6 Å². The zero-order valence-electron chi connectivity index (χ0n) is 16.5. The Morgan fingerprint density at radius 3 is 2.64 bits per heavy atom. The van der Waals surface area contributed by atoms with Crippen LogP contribution in [0.2, 0.25) is 0 Å². The van der Waals surface area contributed by atoms with Gasteiger partial charge in [-0.25, -0.2) is 8.78 Å². The first-order chi connectivity index (χ1) is 13.5. The van der Waals surface area contributed by atoms with Crippen molar-refractivity contribution in [1.29, 1.82) is 0 Å². The van der Waals surface area contributed by atoms with E-state index in [1.807, 2.05) is 31.2 Å². The van der Waals surface area contributed by atoms with Crippen molar-refractivity contribution in [2.24, 2.45) is 4.99 Å². The van der Waals surface area contributed by atoms with E-state index in [9.17, 15) is 8.78 Å². The molecule has 2 aromatic rings. The van der Waals surface area contributed by atoms with Crippen LogP contribution < -0.4 is 15.4 Å². The van der Waals surface area contributed by atoms with Crippen molar-refractivity contribution in [3.63, 3.8) is 0 Å². The fourth-order valence-electron chi connectivity index (χ4n) is 2.59. The molecule has 1 unspecified atom stereocenters. The van der Waals surface area contributed by atoms with Gasteiger partial charge in [-0.05, 0) is 42.3 Å². The number of nitrogens with one attached hydrogen (secondary N) is 2. The van der Waals surface area contributed by atoms with E-state index in [1.54, 1.807) is 20.2 Å². The third-order valence-corrected chi connectivity index (χ3v) is 4.14. The van der Waals surface area contributed by atoms with Crippen molar-refractivity contribution in [3.8, 4) is 5.75 Å². The largest absolute Gasteiger partial charge is 0.493 e. The molecule has 5 nitrogen and oxygen atoms in total. The number of hydrogen-bond acceptors (Lipinski definition) is 3. The van der Waals surface area contributed by atoms with Crippen LogP contribution in [-0.2, 0) is 11.3 Å². The zero-order chi connectivity index (χ0) is 20.4. The molecule has 152 valence electrons. The molecule has 0 aliphatic heterocycles. The number of methoxy groups -OCH3 is 1. The van der Waals surface area contributed by atoms with E-state index in [1.165, 1.54) is 6.07 Å². The van der Waals surface area contributed by atoms with E-state index < -0.39 is 11.6 Å². The summed E-state index contributed by atoms with van der Waals surface area (Å²) in [6.45, 7) is 3.66. The van der Waals surface area contributed by atoms with E-state index >= 15 is 0 Å². The molecular weight excluding hydrogens is 364 g/mol. The molecular formula is C21H27F2N3O2. The number of rotatable bonds is 9. The molecule has 0 radical (unpaired) electrons. The molecule has 2 aromatic carbocycles. The Kier molecular flexibility index (Phi) is 8.68. The van der Waals surface area contributed by atoms with Gasteiger partial charge in [-0.2, -0.15) is 0 Å². The van der Waals surface area contributed by atoms with E-state index in [0.717, 1.165) is 23.8 Å². The highest BCUT2D eigenvalue weighted by Gasteiger charge is 2.11. The van der Waals surface area contributed by atoms with Gasteiger partial charge in [-0.3, -0.25) is 4.99 Å². The predicted octanol–water partition coefficient (Wildman–Crippen LogP) is 3.81. The summed E-state index contributed by atoms with van der Waals surface area (Å²) < 4.78 is 37.2. The molecule has 0 spiro atoms. The third kappa shape index (κ3) is 6.81. The number of guanidine groups is 1. The molecule has 0 bridgehead atoms. The maximum Gasteiger partial charge on any atom is 0.191 e. The van der Waals surface area contributed by atoms with Gasteiger partial charge in [-0.15, -0.1) is 0 Å². The van der Waals surface area contributed by atoms with Crippen LogP contribution >= 0.6 is 0 Å². The molecule has 0 saturated carbocycles. The quantitative estimate of drug-likeness (QED) is 0.388. The summed E-state index contributed by atoms with van der Waals surface area (Å²) in [5, 5.41) is 6.38. The minimum atomic E-state index is -0.864. The van der Waals surface area contributed by atoms with Crippen molar-refractivity contribution in [1.82, 2.24) is 10.6 Å². The fraction of sp³-hybridized carbons (Fsp3) is 0.381. The molecule has 28 heavy (non-hydrogen) atoms. The molecule has 0 fully saturated rings. The molecule has 0 amide bonds. The van der Waals surface area contributed by atoms with Crippen LogP contribution in [0.15, 0.2) is 47.5 Å². The Morgan fingerprint density at radius 2 is 1.93 bits per heavy atom. The first-order valence-electron chi connectivity index (χ1n) is 9.16. The van der Waals surface area contributed by atoms with Crippen molar-refractivity contribution in [3.05, 3.63) is 65.2 Å². The highest BCUT2D eigenvalue weighted by atomic mass is 19.2. The van der Waals surface area contributed by atoms with E-state index in [-0.39, 0.29) is 6.04 Å². The monoisotopic (exact) mass is 391 g/mol. The fourth-order valence-corrected chi connectivity index (χ4v) is 2.59. The van der Waals surface area contributed by atoms with Crippen LogP contribution in [0, 0.1) is 11.6 Å². The van der Waals surface area contributed by atoms with E-state index in [0.29, 0.717) is 31.3 Å². The minimum Gasteiger partial charge on any atom is -0.493 e. The molecule has 7 heteroatoms. The number of ether oxygens (including phenoxy) is 2. The summed E-state index contributed by atoms with van der Waals surface area (Å²) >= 11 is 0. The van der Waals surface area contributed by atoms with Gasteiger partial charge >= 0.3 is 0 Å². The van der Waals surface area contributed by atoms with Crippen molar-refractivity contribution >= 4 is 5.96 Å². The average Bonchev–Trinajstić information content (AvgIpc) is 2.70. The Labute approximate surface area is 164 Å². The maximum absolute atomic E-state index is 13.4. The van der Waals surface area contributed by atoms with Gasteiger partial charge < -0.3 is 20.1 Å². The summed E-state index contributed by atoms with van der Waals surface area (Å²) in [5.41, 5.74) is 1.67. The van der Waals surface area contributed by atoms with Crippen LogP contribution in [0.5, 0.6) is 5.75 Å². The molecule has 0 aliphatic rings. The van der Waals surface area contributed by atoms with Crippen molar-refractivity contribution < 1.29 is 18.3 Å². The Hall–Kier alpha value is -2.67. The lowest BCUT2D eigenvalue weighted by atomic mass is 10.1. The third-order valence-electron chi connectivity index (χ3n) is 4.14. The topological polar surface area (TPSA) is 54.9 Å². The lowest BCUT2D eigenvalue weighted by molar-refractivity contribution is 0.172. The summed E-state index contributed by atoms with van der Waals surface area (Å²) in [6.07, 6.45) is 0.831. The molecule has 0 saturated heterocycles. The van der Waals surface area contributed by atoms with E-state index in [4.69, 9.17) is 9.47 Å². The molecule has 2 rings (SSSR count). The van der Waals surface area contributed by atoms with Gasteiger partial charge in [-0.1, -0.05) is 18.2 Å². The van der Waals surface area contributed by atoms with E-state index in [2.05, 4.69) is 15.6 Å². The highest BCUT2D eigenvalue weighted by Crippen LogP contribution is 2.16. The lowest BCUT2D eigenvalue weighted by Crippen LogP contribution is -2.38. The smallest absolute Gasteiger partial charge is 0.191 e. The zero-order valence-corrected chi connectivity index (χ0v) is 16.5. The van der Waals surface area contributed by atoms with Gasteiger partial charge in [0.15, 0.2) is 17.6 Å². The lowest BCUT2D eigenvalue weighted by Gasteiger charge is -2.18. The normalized spacial score (nSPS) is 12.5. The second kappa shape index (κ2) is 11.2. The molecule has 0 heterocycles. The van der Waals surface area contributed by atoms with Crippen molar-refractivity contribution in [2.75, 3.05) is 27.4 Å². The van der Waals surface area contributed by atoms with Crippen LogP contribution in [0.4, 0.5) is 8.78 Å². The van der Waals surface area contributed by atoms with Crippen LogP contribution in [0.3, 0.4) is 0 Å². The highest BCUT2D eigenvalue weighted by molar-refractivity contribution is 5.80. The van der Waals surface area contributed by atoms with Gasteiger partial charge in [0.1, 0.15) is 5.75 Å². The summed E-state index contributed by atoms with van der Waals surface area (Å²) in [4.78, 5) is 4.18. The molecule has 2 N–H and O–H groups in total. The Balaban J connectivity index is 1.88. The number of nitrogens with zero attached hydrogens (tertiary/aromatic N) is 1. The SMILES string of the molecule is CN=C(NCc1cccc(OCCCOC)c1)NC(C)c1ccc(F)c(F)c1. The first kappa shape index (κ1) is 21.6. The summed E-state index contributed by atoms with van der Waals surface area (Å²) in [6, 6.07) is 11.4. The molecule has 0 aromatic heterocycles. The molecule has 1 atom stereocenters. The number of benzene rings is 2. The summed E-state index contributed by atoms with van der Waals surface area (Å²) in [7, 11) is 3.32. The first-order valence-corrected chi connectivity index (χ1v) is 9.16. The summed E-state index contributed by atoms with van der Waals surface area (Å²) in [5.74, 6) is -0.364. The number of hydrogen-bond donors (Lipinski definition) is 2. The van der Waals surface area contributed by atoms with Crippen LogP contribution in [-0.4, -0.2) is 33.3 Å². The Morgan fingerprint density at radius 1 is 1.11 bits per heavy atom. The predicted molar refractivity (Wildman–Crippen MR) is 107 cm³/mol. The molecule has 0 aliphatic carbocycles. The van der Waals surface area contributed by atoms with Crippen LogP contribution in [0.1, 0.15) is 30.5 Å². The van der Waals surface area contributed by atoms with Gasteiger partial charge in [0, 0.05) is 33.7 Å². The number of aliphatic imine (C=N–C) groups is 1. The Bertz CT molecular complexity index is 784. The standard InChI is InChI=1S/C21H27F2N3O2/c1-15(17-8-9-19(22)20(23)13-17)26-21(24-2)25-14-16-6-4-7-18(12-16)28-11-5-10-27-3/h4,6-9,12-13,15H,5,10-11,14H2,1-3H3,(H2,24,25,26). The second-order valence-corrected chi connectivity index (χ2v) is 6.31. The minimum absolute atomic E-state index is 0.239. The maximum atomic E-state index is 13.4. The van der Waals surface area contributed by atoms with Crippen LogP contribution in [0.25, 0.3) is 0 Å². The van der Waals surface area contributed by atoms with Gasteiger partial charge in [0.25, 0.3) is 0 Å². The number of halogens is 2. The van der Waals surface area contributed by atoms with Crippen molar-refractivity contribution in [2.45, 2.75) is 25.9 Å².